The highest BCUT2D eigenvalue weighted by Crippen LogP contribution is 2.19. The van der Waals surface area contributed by atoms with Gasteiger partial charge in [-0.15, -0.1) is 0 Å². The highest BCUT2D eigenvalue weighted by Gasteiger charge is 2.27. The van der Waals surface area contributed by atoms with Gasteiger partial charge in [-0.1, -0.05) is 11.6 Å². The molecule has 0 aliphatic carbocycles. The Morgan fingerprint density at radius 1 is 1.46 bits per heavy atom. The molecule has 0 unspecified atom stereocenters. The third kappa shape index (κ3) is 1.73. The Hall–Kier alpha value is -0.870. The lowest BCUT2D eigenvalue weighted by atomic mass is 10.2. The van der Waals surface area contributed by atoms with Crippen LogP contribution in [-0.2, 0) is 4.74 Å². The fourth-order valence-electron chi connectivity index (χ4n) is 1.24. The quantitative estimate of drug-likeness (QED) is 0.712. The number of aromatic nitrogens is 2. The number of halogens is 1. The minimum atomic E-state index is 0.331. The maximum atomic E-state index is 5.62. The van der Waals surface area contributed by atoms with Crippen molar-refractivity contribution < 1.29 is 4.74 Å². The van der Waals surface area contributed by atoms with E-state index in [0.717, 1.165) is 18.9 Å². The van der Waals surface area contributed by atoms with Crippen LogP contribution in [0.25, 0.3) is 0 Å². The predicted molar refractivity (Wildman–Crippen MR) is 50.1 cm³/mol. The molecular formula is C8H10ClN3O. The summed E-state index contributed by atoms with van der Waals surface area (Å²) in [6.07, 6.45) is 3.56. The van der Waals surface area contributed by atoms with E-state index in [1.165, 1.54) is 0 Å². The average molecular weight is 200 g/mol. The van der Waals surface area contributed by atoms with Gasteiger partial charge in [-0.25, -0.2) is 9.97 Å². The number of methoxy groups -OCH3 is 1. The lowest BCUT2D eigenvalue weighted by Gasteiger charge is -2.38. The molecule has 1 aliphatic rings. The molecule has 0 amide bonds. The minimum Gasteiger partial charge on any atom is -0.378 e. The van der Waals surface area contributed by atoms with Crippen LogP contribution >= 0.6 is 11.6 Å². The zero-order valence-corrected chi connectivity index (χ0v) is 8.03. The van der Waals surface area contributed by atoms with Crippen molar-refractivity contribution in [2.45, 2.75) is 6.10 Å². The summed E-state index contributed by atoms with van der Waals surface area (Å²) in [6, 6.07) is 0. The molecular weight excluding hydrogens is 190 g/mol. The van der Waals surface area contributed by atoms with Gasteiger partial charge in [0.2, 0.25) is 0 Å². The molecule has 13 heavy (non-hydrogen) atoms. The molecule has 0 bridgehead atoms. The van der Waals surface area contributed by atoms with E-state index in [0.29, 0.717) is 11.3 Å². The van der Waals surface area contributed by atoms with E-state index in [-0.39, 0.29) is 0 Å². The van der Waals surface area contributed by atoms with Crippen molar-refractivity contribution >= 4 is 17.4 Å². The van der Waals surface area contributed by atoms with Gasteiger partial charge < -0.3 is 9.64 Å². The van der Waals surface area contributed by atoms with Crippen molar-refractivity contribution in [1.29, 1.82) is 0 Å². The van der Waals surface area contributed by atoms with Crippen LogP contribution in [0.3, 0.4) is 0 Å². The smallest absolute Gasteiger partial charge is 0.147 e. The number of hydrogen-bond acceptors (Lipinski definition) is 4. The van der Waals surface area contributed by atoms with Gasteiger partial charge in [0.15, 0.2) is 0 Å². The maximum Gasteiger partial charge on any atom is 0.147 e. The van der Waals surface area contributed by atoms with E-state index >= 15 is 0 Å². The molecule has 0 N–H and O–H groups in total. The average Bonchev–Trinajstić information content (AvgIpc) is 2.06. The van der Waals surface area contributed by atoms with Crippen molar-refractivity contribution in [3.63, 3.8) is 0 Å². The van der Waals surface area contributed by atoms with Gasteiger partial charge in [0.05, 0.1) is 18.5 Å². The van der Waals surface area contributed by atoms with E-state index in [1.54, 1.807) is 19.5 Å². The topological polar surface area (TPSA) is 38.2 Å². The summed E-state index contributed by atoms with van der Waals surface area (Å²) in [6.45, 7) is 1.76. The molecule has 5 heteroatoms. The molecule has 70 valence electrons. The Morgan fingerprint density at radius 2 is 2.23 bits per heavy atom. The van der Waals surface area contributed by atoms with Crippen molar-refractivity contribution in [3.8, 4) is 0 Å². The molecule has 1 aromatic rings. The van der Waals surface area contributed by atoms with E-state index in [1.807, 2.05) is 0 Å². The van der Waals surface area contributed by atoms with Gasteiger partial charge in [-0.3, -0.25) is 0 Å². The van der Waals surface area contributed by atoms with Crippen LogP contribution in [0.5, 0.6) is 0 Å². The van der Waals surface area contributed by atoms with Gasteiger partial charge in [-0.2, -0.15) is 0 Å². The molecule has 1 saturated heterocycles. The second-order valence-electron chi connectivity index (χ2n) is 2.96. The minimum absolute atomic E-state index is 0.331. The lowest BCUT2D eigenvalue weighted by molar-refractivity contribution is 0.0783. The van der Waals surface area contributed by atoms with Crippen molar-refractivity contribution in [2.24, 2.45) is 0 Å². The maximum absolute atomic E-state index is 5.62. The Labute approximate surface area is 81.5 Å². The lowest BCUT2D eigenvalue weighted by Crippen LogP contribution is -2.52. The Morgan fingerprint density at radius 3 is 2.77 bits per heavy atom. The molecule has 0 spiro atoms. The second-order valence-corrected chi connectivity index (χ2v) is 3.35. The normalized spacial score (nSPS) is 17.2. The molecule has 0 saturated carbocycles. The third-order valence-electron chi connectivity index (χ3n) is 2.11. The third-order valence-corrected chi connectivity index (χ3v) is 2.31. The molecule has 2 heterocycles. The first-order valence-corrected chi connectivity index (χ1v) is 4.42. The first-order chi connectivity index (χ1) is 6.29. The largest absolute Gasteiger partial charge is 0.378 e. The van der Waals surface area contributed by atoms with Crippen molar-refractivity contribution in [2.75, 3.05) is 25.1 Å². The highest BCUT2D eigenvalue weighted by atomic mass is 35.5. The summed E-state index contributed by atoms with van der Waals surface area (Å²) in [4.78, 5) is 10.2. The van der Waals surface area contributed by atoms with Crippen molar-refractivity contribution in [3.05, 3.63) is 17.5 Å². The van der Waals surface area contributed by atoms with Crippen LogP contribution in [0.4, 0.5) is 5.82 Å². The van der Waals surface area contributed by atoms with Crippen LogP contribution in [0.2, 0.25) is 5.15 Å². The fourth-order valence-corrected chi connectivity index (χ4v) is 1.34. The van der Waals surface area contributed by atoms with Gasteiger partial charge >= 0.3 is 0 Å². The number of nitrogens with zero attached hydrogens (tertiary/aromatic N) is 3. The van der Waals surface area contributed by atoms with Crippen LogP contribution < -0.4 is 4.90 Å². The Balaban J connectivity index is 1.99. The predicted octanol–water partition coefficient (Wildman–Crippen LogP) is 0.965. The van der Waals surface area contributed by atoms with E-state index in [9.17, 15) is 0 Å². The number of rotatable bonds is 2. The molecule has 0 radical (unpaired) electrons. The van der Waals surface area contributed by atoms with E-state index < -0.39 is 0 Å². The van der Waals surface area contributed by atoms with Gasteiger partial charge in [0.1, 0.15) is 11.0 Å². The van der Waals surface area contributed by atoms with E-state index in [2.05, 4.69) is 14.9 Å². The molecule has 4 nitrogen and oxygen atoms in total. The summed E-state index contributed by atoms with van der Waals surface area (Å²) in [7, 11) is 1.72. The summed E-state index contributed by atoms with van der Waals surface area (Å²) in [5.41, 5.74) is 0. The standard InChI is InChI=1S/C8H10ClN3O/c1-13-6-4-12(5-6)8-3-10-7(9)2-11-8/h2-3,6H,4-5H2,1H3. The van der Waals surface area contributed by atoms with Crippen LogP contribution in [-0.4, -0.2) is 36.3 Å². The number of anilines is 1. The molecule has 1 aromatic heterocycles. The molecule has 0 atom stereocenters. The highest BCUT2D eigenvalue weighted by molar-refractivity contribution is 6.29. The van der Waals surface area contributed by atoms with Crippen molar-refractivity contribution in [1.82, 2.24) is 9.97 Å². The molecule has 2 rings (SSSR count). The second kappa shape index (κ2) is 3.47. The molecule has 1 fully saturated rings. The summed E-state index contributed by atoms with van der Waals surface area (Å²) in [5.74, 6) is 0.859. The Kier molecular flexibility index (Phi) is 2.33. The van der Waals surface area contributed by atoms with Gasteiger partial charge in [-0.05, 0) is 0 Å². The number of hydrogen-bond donors (Lipinski definition) is 0. The summed E-state index contributed by atoms with van der Waals surface area (Å²) >= 11 is 5.62. The zero-order valence-electron chi connectivity index (χ0n) is 7.27. The SMILES string of the molecule is COC1CN(c2cnc(Cl)cn2)C1. The number of ether oxygens (including phenoxy) is 1. The van der Waals surface area contributed by atoms with Crippen LogP contribution in [0, 0.1) is 0 Å². The molecule has 0 aromatic carbocycles. The van der Waals surface area contributed by atoms with E-state index in [4.69, 9.17) is 16.3 Å². The molecule has 1 aliphatic heterocycles. The van der Waals surface area contributed by atoms with Gasteiger partial charge in [0, 0.05) is 20.2 Å². The zero-order chi connectivity index (χ0) is 9.26. The Bertz CT molecular complexity index is 284. The monoisotopic (exact) mass is 199 g/mol. The van der Waals surface area contributed by atoms with Crippen LogP contribution in [0.15, 0.2) is 12.4 Å². The van der Waals surface area contributed by atoms with Gasteiger partial charge in [0.25, 0.3) is 0 Å². The summed E-state index contributed by atoms with van der Waals surface area (Å²) < 4.78 is 5.15. The first kappa shape index (κ1) is 8.72. The first-order valence-electron chi connectivity index (χ1n) is 4.05. The summed E-state index contributed by atoms with van der Waals surface area (Å²) in [5, 5.41) is 0.424. The van der Waals surface area contributed by atoms with Crippen LogP contribution in [0.1, 0.15) is 0 Å². The fraction of sp³-hybridized carbons (Fsp3) is 0.500.